The summed E-state index contributed by atoms with van der Waals surface area (Å²) in [4.78, 5) is 14.5. The average Bonchev–Trinajstić information content (AvgIpc) is 3.66. The number of ether oxygens (including phenoxy) is 3. The molecule has 2 aliphatic carbocycles. The fourth-order valence-electron chi connectivity index (χ4n) is 5.33. The quantitative estimate of drug-likeness (QED) is 0.110. The Morgan fingerprint density at radius 2 is 1.19 bits per heavy atom. The van der Waals surface area contributed by atoms with Gasteiger partial charge in [0.05, 0.1) is 17.3 Å². The van der Waals surface area contributed by atoms with E-state index in [1.165, 1.54) is 0 Å². The molecule has 212 valence electrons. The average molecular weight is 560 g/mol. The summed E-state index contributed by atoms with van der Waals surface area (Å²) in [6, 6.07) is 30.4. The van der Waals surface area contributed by atoms with Crippen molar-refractivity contribution in [3.05, 3.63) is 115 Å². The predicted molar refractivity (Wildman–Crippen MR) is 163 cm³/mol. The van der Waals surface area contributed by atoms with Crippen molar-refractivity contribution in [2.75, 3.05) is 19.0 Å². The van der Waals surface area contributed by atoms with Crippen LogP contribution in [0.3, 0.4) is 0 Å². The molecule has 3 unspecified atom stereocenters. The summed E-state index contributed by atoms with van der Waals surface area (Å²) in [6.45, 7) is 0.275. The molecule has 0 saturated heterocycles. The van der Waals surface area contributed by atoms with Crippen molar-refractivity contribution in [1.29, 1.82) is 0 Å². The lowest BCUT2D eigenvalue weighted by molar-refractivity contribution is -0.150. The van der Waals surface area contributed by atoms with Crippen molar-refractivity contribution < 1.29 is 19.0 Å². The lowest BCUT2D eigenvalue weighted by atomic mass is 9.94. The summed E-state index contributed by atoms with van der Waals surface area (Å²) in [5, 5.41) is 8.62. The molecule has 2 aliphatic rings. The van der Waals surface area contributed by atoms with E-state index in [0.29, 0.717) is 34.8 Å². The molecule has 0 N–H and O–H groups in total. The van der Waals surface area contributed by atoms with E-state index >= 15 is 0 Å². The molecule has 0 amide bonds. The standard InChI is InChI=1S/C35H33N3O4/c1-38(2)29-11-7-27(8-12-29)36-37-28-9-15-31(16-10-28)42-33-19-17-32(18-20-33)41-30-13-4-24(5-14-30)23-40-35(39)34-22-25-3-6-26(34)21-25/h3-20,25-26,34H,21-23H2,1-2H3. The normalized spacial score (nSPS) is 18.8. The van der Waals surface area contributed by atoms with E-state index in [2.05, 4.69) is 22.4 Å². The van der Waals surface area contributed by atoms with Gasteiger partial charge in [0.15, 0.2) is 0 Å². The third-order valence-electron chi connectivity index (χ3n) is 7.66. The Hall–Kier alpha value is -4.91. The van der Waals surface area contributed by atoms with E-state index in [0.717, 1.165) is 35.5 Å². The number of azo groups is 1. The largest absolute Gasteiger partial charge is 0.461 e. The summed E-state index contributed by atoms with van der Waals surface area (Å²) >= 11 is 0. The van der Waals surface area contributed by atoms with Crippen LogP contribution < -0.4 is 14.4 Å². The van der Waals surface area contributed by atoms with Gasteiger partial charge in [-0.2, -0.15) is 10.2 Å². The number of rotatable bonds is 10. The van der Waals surface area contributed by atoms with Crippen LogP contribution in [0.1, 0.15) is 18.4 Å². The highest BCUT2D eigenvalue weighted by atomic mass is 16.5. The first-order chi connectivity index (χ1) is 20.5. The van der Waals surface area contributed by atoms with E-state index < -0.39 is 0 Å². The van der Waals surface area contributed by atoms with Crippen LogP contribution in [0.2, 0.25) is 0 Å². The second-order valence-electron chi connectivity index (χ2n) is 10.9. The maximum absolute atomic E-state index is 12.5. The molecule has 4 aromatic carbocycles. The van der Waals surface area contributed by atoms with Crippen molar-refractivity contribution >= 4 is 23.0 Å². The highest BCUT2D eigenvalue weighted by Crippen LogP contribution is 2.44. The molecule has 0 spiro atoms. The zero-order chi connectivity index (χ0) is 28.9. The van der Waals surface area contributed by atoms with Gasteiger partial charge < -0.3 is 19.1 Å². The van der Waals surface area contributed by atoms with Gasteiger partial charge in [0, 0.05) is 19.8 Å². The van der Waals surface area contributed by atoms with Crippen LogP contribution in [0.5, 0.6) is 23.0 Å². The van der Waals surface area contributed by atoms with Gasteiger partial charge in [0.2, 0.25) is 0 Å². The zero-order valence-corrected chi connectivity index (χ0v) is 23.7. The van der Waals surface area contributed by atoms with Crippen LogP contribution >= 0.6 is 0 Å². The first kappa shape index (κ1) is 27.3. The number of anilines is 1. The van der Waals surface area contributed by atoms with Crippen molar-refractivity contribution in [3.63, 3.8) is 0 Å². The Morgan fingerprint density at radius 1 is 0.690 bits per heavy atom. The van der Waals surface area contributed by atoms with Gasteiger partial charge in [0.25, 0.3) is 0 Å². The van der Waals surface area contributed by atoms with Crippen LogP contribution in [-0.2, 0) is 16.1 Å². The minimum Gasteiger partial charge on any atom is -0.461 e. The highest BCUT2D eigenvalue weighted by Gasteiger charge is 2.40. The Bertz CT molecular complexity index is 1560. The number of hydrogen-bond acceptors (Lipinski definition) is 7. The number of allylic oxidation sites excluding steroid dienone is 2. The minimum absolute atomic E-state index is 0.0163. The maximum atomic E-state index is 12.5. The van der Waals surface area contributed by atoms with E-state index in [1.54, 1.807) is 0 Å². The Kier molecular flexibility index (Phi) is 7.99. The number of nitrogens with zero attached hydrogens (tertiary/aromatic N) is 3. The molecule has 42 heavy (non-hydrogen) atoms. The molecule has 0 aromatic heterocycles. The van der Waals surface area contributed by atoms with Crippen molar-refractivity contribution in [1.82, 2.24) is 0 Å². The van der Waals surface area contributed by atoms with Gasteiger partial charge in [-0.25, -0.2) is 0 Å². The first-order valence-electron chi connectivity index (χ1n) is 14.2. The van der Waals surface area contributed by atoms with Crippen LogP contribution in [0.15, 0.2) is 119 Å². The molecule has 7 nitrogen and oxygen atoms in total. The molecule has 2 bridgehead atoms. The number of hydrogen-bond donors (Lipinski definition) is 0. The molecular formula is C35H33N3O4. The van der Waals surface area contributed by atoms with Crippen molar-refractivity contribution in [3.8, 4) is 23.0 Å². The Labute approximate surface area is 246 Å². The molecule has 0 heterocycles. The molecule has 1 fully saturated rings. The van der Waals surface area contributed by atoms with Crippen LogP contribution in [-0.4, -0.2) is 20.1 Å². The number of carbonyl (C=O) groups excluding carboxylic acids is 1. The maximum Gasteiger partial charge on any atom is 0.309 e. The predicted octanol–water partition coefficient (Wildman–Crippen LogP) is 9.01. The van der Waals surface area contributed by atoms with Crippen LogP contribution in [0, 0.1) is 17.8 Å². The van der Waals surface area contributed by atoms with Gasteiger partial charge in [-0.3, -0.25) is 4.79 Å². The molecular weight excluding hydrogens is 526 g/mol. The van der Waals surface area contributed by atoms with Crippen molar-refractivity contribution in [2.45, 2.75) is 19.4 Å². The summed E-state index contributed by atoms with van der Waals surface area (Å²) in [5.41, 5.74) is 3.58. The fraction of sp³-hybridized carbons (Fsp3) is 0.229. The smallest absolute Gasteiger partial charge is 0.309 e. The fourth-order valence-corrected chi connectivity index (χ4v) is 5.33. The van der Waals surface area contributed by atoms with Crippen LogP contribution in [0.25, 0.3) is 0 Å². The van der Waals surface area contributed by atoms with Gasteiger partial charge >= 0.3 is 5.97 Å². The third kappa shape index (κ3) is 6.69. The summed E-state index contributed by atoms with van der Waals surface area (Å²) in [7, 11) is 4.01. The molecule has 3 atom stereocenters. The molecule has 4 aromatic rings. The number of esters is 1. The lowest BCUT2D eigenvalue weighted by Gasteiger charge is -2.16. The van der Waals surface area contributed by atoms with Gasteiger partial charge in [-0.1, -0.05) is 24.3 Å². The summed E-state index contributed by atoms with van der Waals surface area (Å²) < 4.78 is 17.5. The summed E-state index contributed by atoms with van der Waals surface area (Å²) in [6.07, 6.45) is 6.41. The van der Waals surface area contributed by atoms with Crippen LogP contribution in [0.4, 0.5) is 17.1 Å². The molecule has 1 saturated carbocycles. The molecule has 6 rings (SSSR count). The number of benzene rings is 4. The molecule has 0 radical (unpaired) electrons. The zero-order valence-electron chi connectivity index (χ0n) is 23.7. The van der Waals surface area contributed by atoms with E-state index in [9.17, 15) is 4.79 Å². The monoisotopic (exact) mass is 559 g/mol. The first-order valence-corrected chi connectivity index (χ1v) is 14.2. The SMILES string of the molecule is CN(C)c1ccc(N=Nc2ccc(Oc3ccc(Oc4ccc(COC(=O)C5CC6C=CC5C6)cc4)cc3)cc2)cc1. The topological polar surface area (TPSA) is 72.7 Å². The third-order valence-corrected chi connectivity index (χ3v) is 7.66. The number of carbonyl (C=O) groups is 1. The lowest BCUT2D eigenvalue weighted by Crippen LogP contribution is -2.21. The molecule has 7 heteroatoms. The van der Waals surface area contributed by atoms with E-state index in [-0.39, 0.29) is 18.5 Å². The Morgan fingerprint density at radius 3 is 1.67 bits per heavy atom. The summed E-state index contributed by atoms with van der Waals surface area (Å²) in [5.74, 6) is 3.64. The number of fused-ring (bicyclic) bond motifs is 2. The van der Waals surface area contributed by atoms with Crippen molar-refractivity contribution in [2.24, 2.45) is 28.0 Å². The van der Waals surface area contributed by atoms with Gasteiger partial charge in [0.1, 0.15) is 29.6 Å². The van der Waals surface area contributed by atoms with E-state index in [4.69, 9.17) is 14.2 Å². The van der Waals surface area contributed by atoms with E-state index in [1.807, 2.05) is 116 Å². The second kappa shape index (κ2) is 12.3. The Balaban J connectivity index is 0.968. The van der Waals surface area contributed by atoms with Gasteiger partial charge in [-0.15, -0.1) is 0 Å². The van der Waals surface area contributed by atoms with Gasteiger partial charge in [-0.05, 0) is 115 Å². The molecule has 0 aliphatic heterocycles. The minimum atomic E-state index is -0.0853. The second-order valence-corrected chi connectivity index (χ2v) is 10.9. The highest BCUT2D eigenvalue weighted by molar-refractivity contribution is 5.74.